The Morgan fingerprint density at radius 3 is 2.42 bits per heavy atom. The summed E-state index contributed by atoms with van der Waals surface area (Å²) in [6.45, 7) is 0.500. The number of carbonyl (C=O) groups is 1. The Morgan fingerprint density at radius 1 is 0.839 bits per heavy atom. The largest absolute Gasteiger partial charge is 0.489 e. The number of carbonyl (C=O) groups excluding carboxylic acids is 1. The first-order chi connectivity index (χ1) is 15.2. The van der Waals surface area contributed by atoms with Crippen molar-refractivity contribution < 1.29 is 9.53 Å². The van der Waals surface area contributed by atoms with Gasteiger partial charge >= 0.3 is 0 Å². The summed E-state index contributed by atoms with van der Waals surface area (Å²) in [4.78, 5) is 15.4. The van der Waals surface area contributed by atoms with Crippen LogP contribution in [0.1, 0.15) is 11.1 Å². The summed E-state index contributed by atoms with van der Waals surface area (Å²) >= 11 is 0. The molecule has 4 heteroatoms. The maximum absolute atomic E-state index is 11.4. The minimum atomic E-state index is -0.486. The van der Waals surface area contributed by atoms with Gasteiger partial charge in [-0.15, -0.1) is 0 Å². The molecule has 0 fully saturated rings. The molecular weight excluding hydrogens is 384 g/mol. The third-order valence-corrected chi connectivity index (χ3v) is 4.89. The van der Waals surface area contributed by atoms with Crippen molar-refractivity contribution in [2.75, 3.05) is 0 Å². The van der Waals surface area contributed by atoms with Crippen LogP contribution in [0, 0.1) is 0 Å². The molecule has 0 atom stereocenters. The van der Waals surface area contributed by atoms with E-state index in [9.17, 15) is 4.79 Å². The van der Waals surface area contributed by atoms with Gasteiger partial charge in [0.15, 0.2) is 0 Å². The number of ether oxygens (including phenoxy) is 1. The average Bonchev–Trinajstić information content (AvgIpc) is 2.82. The highest BCUT2D eigenvalue weighted by Gasteiger charge is 2.08. The van der Waals surface area contributed by atoms with Crippen LogP contribution in [0.4, 0.5) is 0 Å². The smallest absolute Gasteiger partial charge is 0.241 e. The zero-order valence-electron chi connectivity index (χ0n) is 16.9. The van der Waals surface area contributed by atoms with E-state index in [0.717, 1.165) is 39.1 Å². The van der Waals surface area contributed by atoms with Crippen LogP contribution < -0.4 is 10.5 Å². The summed E-state index contributed by atoms with van der Waals surface area (Å²) in [6.07, 6.45) is 6.65. The van der Waals surface area contributed by atoms with E-state index in [0.29, 0.717) is 6.61 Å². The molecule has 4 rings (SSSR count). The Labute approximate surface area is 181 Å². The number of nitrogens with two attached hydrogens (primary N) is 1. The lowest BCUT2D eigenvalue weighted by Gasteiger charge is -2.12. The minimum absolute atomic E-state index is 0.486. The molecular formula is C27H22N2O2. The Bertz CT molecular complexity index is 1200. The van der Waals surface area contributed by atoms with Gasteiger partial charge in [-0.3, -0.25) is 9.78 Å². The zero-order chi connectivity index (χ0) is 21.5. The van der Waals surface area contributed by atoms with E-state index in [1.54, 1.807) is 18.5 Å². The van der Waals surface area contributed by atoms with Crippen molar-refractivity contribution in [2.24, 2.45) is 5.73 Å². The minimum Gasteiger partial charge on any atom is -0.489 e. The van der Waals surface area contributed by atoms with Gasteiger partial charge in [-0.1, -0.05) is 54.6 Å². The van der Waals surface area contributed by atoms with Crippen LogP contribution in [0.5, 0.6) is 5.75 Å². The number of primary amides is 1. The summed E-state index contributed by atoms with van der Waals surface area (Å²) in [5.74, 6) is 0.296. The van der Waals surface area contributed by atoms with Crippen LogP contribution in [0.3, 0.4) is 0 Å². The molecule has 31 heavy (non-hydrogen) atoms. The van der Waals surface area contributed by atoms with Gasteiger partial charge in [0, 0.05) is 18.5 Å². The highest BCUT2D eigenvalue weighted by molar-refractivity contribution is 5.92. The van der Waals surface area contributed by atoms with E-state index in [2.05, 4.69) is 11.1 Å². The summed E-state index contributed by atoms with van der Waals surface area (Å²) in [7, 11) is 0. The van der Waals surface area contributed by atoms with Crippen LogP contribution in [0.15, 0.2) is 103 Å². The van der Waals surface area contributed by atoms with Crippen LogP contribution in [0.2, 0.25) is 0 Å². The number of amides is 1. The van der Waals surface area contributed by atoms with Crippen LogP contribution >= 0.6 is 0 Å². The number of nitrogens with zero attached hydrogens (tertiary/aromatic N) is 1. The molecule has 0 bridgehead atoms. The maximum Gasteiger partial charge on any atom is 0.241 e. The lowest BCUT2D eigenvalue weighted by atomic mass is 9.95. The standard InChI is InChI=1S/C27H22N2O2/c28-27(30)12-10-24-17-22(21-13-15-29-16-14-21)9-11-26(24)23-7-4-8-25(18-23)31-19-20-5-2-1-3-6-20/h1-18H,19H2,(H2,28,30)/b12-10+. The molecule has 2 N–H and O–H groups in total. The molecule has 0 spiro atoms. The van der Waals surface area contributed by atoms with Gasteiger partial charge in [0.2, 0.25) is 5.91 Å². The topological polar surface area (TPSA) is 65.2 Å². The predicted molar refractivity (Wildman–Crippen MR) is 124 cm³/mol. The van der Waals surface area contributed by atoms with Crippen molar-refractivity contribution in [1.29, 1.82) is 0 Å². The van der Waals surface area contributed by atoms with Gasteiger partial charge in [-0.05, 0) is 69.8 Å². The van der Waals surface area contributed by atoms with Gasteiger partial charge in [0.25, 0.3) is 0 Å². The van der Waals surface area contributed by atoms with E-state index in [-0.39, 0.29) is 0 Å². The fraction of sp³-hybridized carbons (Fsp3) is 0.0370. The molecule has 1 heterocycles. The molecule has 0 radical (unpaired) electrons. The second-order valence-electron chi connectivity index (χ2n) is 7.08. The van der Waals surface area contributed by atoms with Gasteiger partial charge in [0.1, 0.15) is 12.4 Å². The normalized spacial score (nSPS) is 10.8. The summed E-state index contributed by atoms with van der Waals surface area (Å²) in [5.41, 5.74) is 11.4. The SMILES string of the molecule is NC(=O)/C=C/c1cc(-c2ccncc2)ccc1-c1cccc(OCc2ccccc2)c1. The molecule has 0 saturated carbocycles. The van der Waals surface area contributed by atoms with Crippen molar-refractivity contribution in [3.8, 4) is 28.0 Å². The number of hydrogen-bond donors (Lipinski definition) is 1. The molecule has 4 nitrogen and oxygen atoms in total. The zero-order valence-corrected chi connectivity index (χ0v) is 16.9. The highest BCUT2D eigenvalue weighted by Crippen LogP contribution is 2.31. The Kier molecular flexibility index (Phi) is 6.19. The van der Waals surface area contributed by atoms with Crippen LogP contribution in [-0.2, 0) is 11.4 Å². The lowest BCUT2D eigenvalue weighted by molar-refractivity contribution is -0.113. The highest BCUT2D eigenvalue weighted by atomic mass is 16.5. The second kappa shape index (κ2) is 9.55. The average molecular weight is 406 g/mol. The molecule has 0 unspecified atom stereocenters. The first kappa shape index (κ1) is 20.1. The fourth-order valence-corrected chi connectivity index (χ4v) is 3.35. The predicted octanol–water partition coefficient (Wildman–Crippen LogP) is 5.49. The molecule has 1 amide bonds. The molecule has 152 valence electrons. The summed E-state index contributed by atoms with van der Waals surface area (Å²) in [5, 5.41) is 0. The van der Waals surface area contributed by atoms with Gasteiger partial charge in [-0.25, -0.2) is 0 Å². The van der Waals surface area contributed by atoms with Crippen molar-refractivity contribution in [1.82, 2.24) is 4.98 Å². The second-order valence-corrected chi connectivity index (χ2v) is 7.08. The number of pyridine rings is 1. The molecule has 3 aromatic carbocycles. The maximum atomic E-state index is 11.4. The number of hydrogen-bond acceptors (Lipinski definition) is 3. The number of rotatable bonds is 7. The number of aromatic nitrogens is 1. The van der Waals surface area contributed by atoms with Gasteiger partial charge < -0.3 is 10.5 Å². The molecule has 0 aliphatic heterocycles. The van der Waals surface area contributed by atoms with Crippen molar-refractivity contribution in [3.63, 3.8) is 0 Å². The van der Waals surface area contributed by atoms with Crippen LogP contribution in [-0.4, -0.2) is 10.9 Å². The lowest BCUT2D eigenvalue weighted by Crippen LogP contribution is -2.05. The van der Waals surface area contributed by atoms with Crippen molar-refractivity contribution in [3.05, 3.63) is 115 Å². The molecule has 0 aliphatic rings. The van der Waals surface area contributed by atoms with Crippen molar-refractivity contribution >= 4 is 12.0 Å². The summed E-state index contributed by atoms with van der Waals surface area (Å²) < 4.78 is 5.99. The van der Waals surface area contributed by atoms with Gasteiger partial charge in [-0.2, -0.15) is 0 Å². The monoisotopic (exact) mass is 406 g/mol. The van der Waals surface area contributed by atoms with Crippen molar-refractivity contribution in [2.45, 2.75) is 6.61 Å². The summed E-state index contributed by atoms with van der Waals surface area (Å²) in [6, 6.07) is 28.0. The third-order valence-electron chi connectivity index (χ3n) is 4.89. The molecule has 1 aromatic heterocycles. The Balaban J connectivity index is 1.67. The Hall–Kier alpha value is -4.18. The first-order valence-corrected chi connectivity index (χ1v) is 9.98. The molecule has 4 aromatic rings. The first-order valence-electron chi connectivity index (χ1n) is 9.98. The number of benzene rings is 3. The van der Waals surface area contributed by atoms with Crippen LogP contribution in [0.25, 0.3) is 28.3 Å². The van der Waals surface area contributed by atoms with E-state index in [1.165, 1.54) is 6.08 Å². The van der Waals surface area contributed by atoms with E-state index < -0.39 is 5.91 Å². The van der Waals surface area contributed by atoms with E-state index >= 15 is 0 Å². The quantitative estimate of drug-likeness (QED) is 0.413. The molecule has 0 aliphatic carbocycles. The van der Waals surface area contributed by atoms with E-state index in [1.807, 2.05) is 78.9 Å². The van der Waals surface area contributed by atoms with Gasteiger partial charge in [0.05, 0.1) is 0 Å². The third kappa shape index (κ3) is 5.25. The van der Waals surface area contributed by atoms with E-state index in [4.69, 9.17) is 10.5 Å². The fourth-order valence-electron chi connectivity index (χ4n) is 3.35. The Morgan fingerprint density at radius 2 is 1.65 bits per heavy atom. The molecule has 0 saturated heterocycles.